The normalized spacial score (nSPS) is 11.1. The predicted octanol–water partition coefficient (Wildman–Crippen LogP) is 2.07. The number of carbonyl (C=O) groups is 1. The molecule has 0 aliphatic carbocycles. The number of carbonyl (C=O) groups excluding carboxylic acids is 1. The van der Waals surface area contributed by atoms with Gasteiger partial charge in [-0.3, -0.25) is 0 Å². The molecule has 0 unspecified atom stereocenters. The van der Waals surface area contributed by atoms with Crippen LogP contribution in [0.3, 0.4) is 0 Å². The second-order valence-corrected chi connectivity index (χ2v) is 5.73. The summed E-state index contributed by atoms with van der Waals surface area (Å²) in [5.74, 6) is 11.4. The van der Waals surface area contributed by atoms with Crippen LogP contribution in [0.25, 0.3) is 5.69 Å². The standard InChI is InChI=1S/C19H21N7O2/c1-2-28-18(27)14-7-6-10-17(11-14)25-13-15(12-22-25)23-19(24-20)26(21)16-8-4-3-5-9-16/h3-13H,2,20-21H2,1H3,(H,23,24). The summed E-state index contributed by atoms with van der Waals surface area (Å²) in [4.78, 5) is 11.9. The molecule has 0 aliphatic heterocycles. The molecule has 28 heavy (non-hydrogen) atoms. The summed E-state index contributed by atoms with van der Waals surface area (Å²) >= 11 is 0. The molecule has 0 saturated heterocycles. The Labute approximate surface area is 162 Å². The van der Waals surface area contributed by atoms with E-state index < -0.39 is 0 Å². The van der Waals surface area contributed by atoms with Crippen molar-refractivity contribution in [3.63, 3.8) is 0 Å². The number of guanidine groups is 1. The van der Waals surface area contributed by atoms with Crippen molar-refractivity contribution < 1.29 is 9.53 Å². The number of hydrogen-bond acceptors (Lipinski definition) is 6. The predicted molar refractivity (Wildman–Crippen MR) is 108 cm³/mol. The van der Waals surface area contributed by atoms with Crippen molar-refractivity contribution in [2.45, 2.75) is 6.92 Å². The molecule has 9 nitrogen and oxygen atoms in total. The van der Waals surface area contributed by atoms with E-state index in [1.165, 1.54) is 5.01 Å². The molecule has 0 amide bonds. The van der Waals surface area contributed by atoms with Crippen molar-refractivity contribution >= 4 is 23.3 Å². The van der Waals surface area contributed by atoms with Crippen LogP contribution >= 0.6 is 0 Å². The van der Waals surface area contributed by atoms with Gasteiger partial charge in [-0.15, -0.1) is 5.10 Å². The van der Waals surface area contributed by atoms with Crippen LogP contribution in [-0.4, -0.2) is 28.3 Å². The first-order valence-electron chi connectivity index (χ1n) is 8.59. The highest BCUT2D eigenvalue weighted by molar-refractivity contribution is 6.04. The van der Waals surface area contributed by atoms with Crippen molar-refractivity contribution in [1.82, 2.24) is 9.78 Å². The first kappa shape index (κ1) is 18.9. The number of anilines is 2. The summed E-state index contributed by atoms with van der Waals surface area (Å²) < 4.78 is 6.64. The smallest absolute Gasteiger partial charge is 0.338 e. The van der Waals surface area contributed by atoms with Gasteiger partial charge in [0.05, 0.1) is 41.6 Å². The highest BCUT2D eigenvalue weighted by atomic mass is 16.5. The number of nitrogens with two attached hydrogens (primary N) is 2. The van der Waals surface area contributed by atoms with Crippen LogP contribution in [0.2, 0.25) is 0 Å². The summed E-state index contributed by atoms with van der Waals surface area (Å²) in [5.41, 5.74) is 2.49. The number of benzene rings is 2. The van der Waals surface area contributed by atoms with Crippen LogP contribution in [0.5, 0.6) is 0 Å². The molecule has 9 heteroatoms. The van der Waals surface area contributed by atoms with E-state index in [1.807, 2.05) is 36.4 Å². The largest absolute Gasteiger partial charge is 0.462 e. The fourth-order valence-electron chi connectivity index (χ4n) is 2.51. The molecular formula is C19H21N7O2. The molecule has 0 fully saturated rings. The third kappa shape index (κ3) is 4.27. The van der Waals surface area contributed by atoms with Gasteiger partial charge in [0.15, 0.2) is 0 Å². The lowest BCUT2D eigenvalue weighted by Gasteiger charge is -2.20. The van der Waals surface area contributed by atoms with Crippen LogP contribution in [0.15, 0.2) is 72.1 Å². The van der Waals surface area contributed by atoms with Gasteiger partial charge in [0, 0.05) is 0 Å². The number of ether oxygens (including phenoxy) is 1. The minimum atomic E-state index is -0.381. The topological polar surface area (TPSA) is 124 Å². The van der Waals surface area contributed by atoms with E-state index in [-0.39, 0.29) is 11.9 Å². The van der Waals surface area contributed by atoms with Crippen LogP contribution in [0, 0.1) is 0 Å². The summed E-state index contributed by atoms with van der Waals surface area (Å²) in [6.45, 7) is 2.08. The quantitative estimate of drug-likeness (QED) is 0.204. The van der Waals surface area contributed by atoms with E-state index in [0.717, 1.165) is 0 Å². The molecule has 3 rings (SSSR count). The molecule has 0 bridgehead atoms. The molecule has 144 valence electrons. The van der Waals surface area contributed by atoms with Gasteiger partial charge in [0.2, 0.25) is 5.96 Å². The number of rotatable bonds is 5. The minimum absolute atomic E-state index is 0.242. The molecule has 0 spiro atoms. The average molecular weight is 379 g/mol. The number of nitrogens with zero attached hydrogens (tertiary/aromatic N) is 4. The zero-order chi connectivity index (χ0) is 19.9. The summed E-state index contributed by atoms with van der Waals surface area (Å²) in [7, 11) is 0. The SMILES string of the molecule is CCOC(=O)c1cccc(-n2cc(N/C(=N/N)N(N)c3ccccc3)cn2)c1. The van der Waals surface area contributed by atoms with Crippen molar-refractivity contribution in [2.75, 3.05) is 16.9 Å². The lowest BCUT2D eigenvalue weighted by molar-refractivity contribution is 0.0526. The average Bonchev–Trinajstić information content (AvgIpc) is 3.21. The molecule has 3 aromatic rings. The van der Waals surface area contributed by atoms with Gasteiger partial charge in [0.1, 0.15) is 0 Å². The first-order chi connectivity index (χ1) is 13.6. The number of hydrazine groups is 1. The highest BCUT2D eigenvalue weighted by Crippen LogP contribution is 2.16. The van der Waals surface area contributed by atoms with Crippen molar-refractivity contribution in [3.8, 4) is 5.69 Å². The Bertz CT molecular complexity index is 969. The second kappa shape index (κ2) is 8.69. The number of esters is 1. The van der Waals surface area contributed by atoms with E-state index in [2.05, 4.69) is 15.5 Å². The molecule has 0 radical (unpaired) electrons. The number of hydrogen-bond donors (Lipinski definition) is 3. The van der Waals surface area contributed by atoms with Crippen LogP contribution < -0.4 is 22.0 Å². The molecule has 1 aromatic heterocycles. The van der Waals surface area contributed by atoms with Crippen molar-refractivity contribution in [3.05, 3.63) is 72.6 Å². The zero-order valence-corrected chi connectivity index (χ0v) is 15.3. The van der Waals surface area contributed by atoms with Crippen LogP contribution in [-0.2, 0) is 4.74 Å². The Kier molecular flexibility index (Phi) is 5.87. The Morgan fingerprint density at radius 3 is 2.75 bits per heavy atom. The maximum absolute atomic E-state index is 11.9. The number of para-hydroxylation sites is 1. The first-order valence-corrected chi connectivity index (χ1v) is 8.59. The highest BCUT2D eigenvalue weighted by Gasteiger charge is 2.12. The Morgan fingerprint density at radius 2 is 2.04 bits per heavy atom. The monoisotopic (exact) mass is 379 g/mol. The van der Waals surface area contributed by atoms with Crippen LogP contribution in [0.4, 0.5) is 11.4 Å². The van der Waals surface area contributed by atoms with Crippen molar-refractivity contribution in [1.29, 1.82) is 0 Å². The van der Waals surface area contributed by atoms with Gasteiger partial charge in [0.25, 0.3) is 0 Å². The zero-order valence-electron chi connectivity index (χ0n) is 15.3. The Morgan fingerprint density at radius 1 is 1.25 bits per heavy atom. The third-order valence-electron chi connectivity index (χ3n) is 3.85. The number of nitrogens with one attached hydrogen (secondary N) is 1. The number of hydrazone groups is 1. The molecule has 0 aliphatic rings. The van der Waals surface area contributed by atoms with Crippen LogP contribution in [0.1, 0.15) is 17.3 Å². The van der Waals surface area contributed by atoms with E-state index >= 15 is 0 Å². The Hall–Kier alpha value is -3.85. The molecular weight excluding hydrogens is 358 g/mol. The van der Waals surface area contributed by atoms with E-state index in [9.17, 15) is 4.79 Å². The van der Waals surface area contributed by atoms with Gasteiger partial charge in [-0.25, -0.2) is 20.3 Å². The molecule has 1 heterocycles. The molecule has 0 saturated carbocycles. The van der Waals surface area contributed by atoms with E-state index in [1.54, 1.807) is 42.2 Å². The third-order valence-corrected chi connectivity index (χ3v) is 3.85. The number of aromatic nitrogens is 2. The molecule has 5 N–H and O–H groups in total. The lowest BCUT2D eigenvalue weighted by Crippen LogP contribution is -2.42. The van der Waals surface area contributed by atoms with Gasteiger partial charge < -0.3 is 15.9 Å². The second-order valence-electron chi connectivity index (χ2n) is 5.73. The van der Waals surface area contributed by atoms with Gasteiger partial charge in [-0.2, -0.15) is 5.10 Å². The van der Waals surface area contributed by atoms with Gasteiger partial charge in [-0.05, 0) is 37.3 Å². The molecule has 0 atom stereocenters. The maximum Gasteiger partial charge on any atom is 0.338 e. The fraction of sp³-hybridized carbons (Fsp3) is 0.105. The Balaban J connectivity index is 1.77. The molecule has 2 aromatic carbocycles. The van der Waals surface area contributed by atoms with Gasteiger partial charge in [-0.1, -0.05) is 24.3 Å². The van der Waals surface area contributed by atoms with Gasteiger partial charge >= 0.3 is 5.97 Å². The fourth-order valence-corrected chi connectivity index (χ4v) is 2.51. The van der Waals surface area contributed by atoms with Crippen molar-refractivity contribution in [2.24, 2.45) is 16.8 Å². The summed E-state index contributed by atoms with van der Waals surface area (Å²) in [6, 6.07) is 16.3. The maximum atomic E-state index is 11.9. The minimum Gasteiger partial charge on any atom is -0.462 e. The lowest BCUT2D eigenvalue weighted by atomic mass is 10.2. The van der Waals surface area contributed by atoms with E-state index in [4.69, 9.17) is 16.4 Å². The summed E-state index contributed by atoms with van der Waals surface area (Å²) in [5, 5.41) is 12.4. The summed E-state index contributed by atoms with van der Waals surface area (Å²) in [6.07, 6.45) is 3.33. The van der Waals surface area contributed by atoms with E-state index in [0.29, 0.717) is 29.2 Å².